The molecule has 5 aromatic carbocycles. The minimum absolute atomic E-state index is 0.535. The third-order valence-electron chi connectivity index (χ3n) is 6.13. The lowest BCUT2D eigenvalue weighted by molar-refractivity contribution is -0.0191. The Kier molecular flexibility index (Phi) is 7.49. The first kappa shape index (κ1) is 24.2. The molecule has 0 saturated carbocycles. The van der Waals surface area contributed by atoms with Crippen LogP contribution in [0.2, 0.25) is 0 Å². The van der Waals surface area contributed by atoms with Gasteiger partial charge >= 0.3 is 0 Å². The van der Waals surface area contributed by atoms with Crippen molar-refractivity contribution in [1.29, 1.82) is 0 Å². The lowest BCUT2D eigenvalue weighted by Crippen LogP contribution is -2.14. The van der Waals surface area contributed by atoms with Gasteiger partial charge in [0.25, 0.3) is 0 Å². The van der Waals surface area contributed by atoms with Crippen molar-refractivity contribution in [2.45, 2.75) is 19.6 Å². The van der Waals surface area contributed by atoms with Gasteiger partial charge in [-0.2, -0.15) is 0 Å². The van der Waals surface area contributed by atoms with Gasteiger partial charge in [-0.05, 0) is 84.9 Å². The summed E-state index contributed by atoms with van der Waals surface area (Å²) in [4.78, 5) is 4.46. The number of benzene rings is 5. The van der Waals surface area contributed by atoms with Crippen LogP contribution >= 0.6 is 0 Å². The van der Waals surface area contributed by atoms with Crippen LogP contribution in [0.1, 0.15) is 13.3 Å². The van der Waals surface area contributed by atoms with E-state index in [2.05, 4.69) is 94.7 Å². The number of ether oxygens (including phenoxy) is 1. The maximum Gasteiger partial charge on any atom is 0.197 e. The fraction of sp³-hybridized carbons (Fsp3) is 0.0909. The summed E-state index contributed by atoms with van der Waals surface area (Å²) in [5.74, 6) is 0.642. The molecule has 0 bridgehead atoms. The first-order chi connectivity index (χ1) is 18.2. The molecular formula is C33H30N2O2. The molecule has 5 rings (SSSR count). The van der Waals surface area contributed by atoms with E-state index in [1.54, 1.807) is 0 Å². The summed E-state index contributed by atoms with van der Waals surface area (Å²) < 4.78 is 5.57. The Labute approximate surface area is 218 Å². The highest BCUT2D eigenvalue weighted by Crippen LogP contribution is 2.39. The molecule has 0 aliphatic rings. The number of aliphatic hydroxyl groups excluding tert-OH is 1. The maximum atomic E-state index is 9.84. The van der Waals surface area contributed by atoms with Gasteiger partial charge in [0.2, 0.25) is 0 Å². The van der Waals surface area contributed by atoms with Gasteiger partial charge in [0.05, 0.1) is 0 Å². The summed E-state index contributed by atoms with van der Waals surface area (Å²) >= 11 is 0. The van der Waals surface area contributed by atoms with Gasteiger partial charge in [-0.25, -0.2) is 0 Å². The van der Waals surface area contributed by atoms with E-state index in [0.717, 1.165) is 34.1 Å². The Bertz CT molecular complexity index is 1330. The summed E-state index contributed by atoms with van der Waals surface area (Å²) in [6.07, 6.45) is -0.270. The van der Waals surface area contributed by atoms with Crippen LogP contribution in [0, 0.1) is 0 Å². The molecule has 1 N–H and O–H groups in total. The molecule has 1 atom stereocenters. The fourth-order valence-corrected chi connectivity index (χ4v) is 4.29. The number of hydrogen-bond donors (Lipinski definition) is 1. The fourth-order valence-electron chi connectivity index (χ4n) is 4.29. The largest absolute Gasteiger partial charge is 0.465 e. The Morgan fingerprint density at radius 1 is 0.486 bits per heavy atom. The van der Waals surface area contributed by atoms with Crippen LogP contribution in [0.25, 0.3) is 0 Å². The van der Waals surface area contributed by atoms with Crippen molar-refractivity contribution in [1.82, 2.24) is 0 Å². The maximum absolute atomic E-state index is 9.84. The van der Waals surface area contributed by atoms with Gasteiger partial charge in [0.1, 0.15) is 5.75 Å². The average molecular weight is 487 g/mol. The molecule has 5 aromatic rings. The second-order valence-electron chi connectivity index (χ2n) is 8.67. The molecule has 0 aliphatic carbocycles. The van der Waals surface area contributed by atoms with Crippen LogP contribution in [0.3, 0.4) is 0 Å². The Balaban J connectivity index is 1.51. The van der Waals surface area contributed by atoms with Gasteiger partial charge in [0, 0.05) is 40.5 Å². The quantitative estimate of drug-likeness (QED) is 0.211. The molecule has 0 saturated heterocycles. The molecule has 4 nitrogen and oxygen atoms in total. The van der Waals surface area contributed by atoms with E-state index in [-0.39, 0.29) is 0 Å². The number of hydrogen-bond acceptors (Lipinski definition) is 4. The van der Waals surface area contributed by atoms with Crippen molar-refractivity contribution in [2.24, 2.45) is 0 Å². The molecule has 0 spiro atoms. The molecule has 0 fully saturated rings. The van der Waals surface area contributed by atoms with E-state index < -0.39 is 6.29 Å². The summed E-state index contributed by atoms with van der Waals surface area (Å²) in [6.45, 7) is 1.89. The first-order valence-corrected chi connectivity index (χ1v) is 12.5. The molecular weight excluding hydrogens is 456 g/mol. The standard InChI is InChI=1S/C33H30N2O2/c1-2-33(36)37-32-24-22-31(23-25-32)35(28-16-10-5-11-17-28)30-20-18-29(19-21-30)34(26-12-6-3-7-13-26)27-14-8-4-9-15-27/h3-25,33,36H,2H2,1H3. The number of para-hydroxylation sites is 3. The van der Waals surface area contributed by atoms with E-state index in [0.29, 0.717) is 12.2 Å². The van der Waals surface area contributed by atoms with Crippen molar-refractivity contribution in [3.05, 3.63) is 140 Å². The van der Waals surface area contributed by atoms with Gasteiger partial charge in [0.15, 0.2) is 6.29 Å². The zero-order chi connectivity index (χ0) is 25.5. The van der Waals surface area contributed by atoms with E-state index >= 15 is 0 Å². The number of nitrogens with zero attached hydrogens (tertiary/aromatic N) is 2. The highest BCUT2D eigenvalue weighted by Gasteiger charge is 2.16. The first-order valence-electron chi connectivity index (χ1n) is 12.5. The molecule has 0 aromatic heterocycles. The molecule has 0 radical (unpaired) electrons. The number of anilines is 6. The molecule has 37 heavy (non-hydrogen) atoms. The summed E-state index contributed by atoms with van der Waals surface area (Å²) in [7, 11) is 0. The molecule has 0 amide bonds. The van der Waals surface area contributed by atoms with Gasteiger partial charge in [-0.1, -0.05) is 61.5 Å². The van der Waals surface area contributed by atoms with Crippen molar-refractivity contribution in [3.8, 4) is 5.75 Å². The lowest BCUT2D eigenvalue weighted by Gasteiger charge is -2.28. The molecule has 1 unspecified atom stereocenters. The van der Waals surface area contributed by atoms with Gasteiger partial charge < -0.3 is 19.6 Å². The van der Waals surface area contributed by atoms with Crippen molar-refractivity contribution >= 4 is 34.1 Å². The van der Waals surface area contributed by atoms with Crippen molar-refractivity contribution in [3.63, 3.8) is 0 Å². The van der Waals surface area contributed by atoms with E-state index in [9.17, 15) is 5.11 Å². The normalized spacial score (nSPS) is 11.5. The molecule has 4 heteroatoms. The van der Waals surface area contributed by atoms with E-state index in [1.165, 1.54) is 0 Å². The molecule has 184 valence electrons. The van der Waals surface area contributed by atoms with Crippen LogP contribution in [0.4, 0.5) is 34.1 Å². The molecule has 0 aliphatic heterocycles. The SMILES string of the molecule is CCC(O)Oc1ccc(N(c2ccccc2)c2ccc(N(c3ccccc3)c3ccccc3)cc2)cc1. The second kappa shape index (κ2) is 11.5. The Morgan fingerprint density at radius 3 is 1.11 bits per heavy atom. The Morgan fingerprint density at radius 2 is 0.784 bits per heavy atom. The smallest absolute Gasteiger partial charge is 0.197 e. The Hall–Kier alpha value is -4.54. The number of aliphatic hydroxyl groups is 1. The van der Waals surface area contributed by atoms with Crippen LogP contribution < -0.4 is 14.5 Å². The minimum atomic E-state index is -0.805. The predicted molar refractivity (Wildman–Crippen MR) is 153 cm³/mol. The lowest BCUT2D eigenvalue weighted by atomic mass is 10.1. The van der Waals surface area contributed by atoms with Crippen molar-refractivity contribution in [2.75, 3.05) is 9.80 Å². The monoisotopic (exact) mass is 486 g/mol. The number of rotatable bonds is 9. The zero-order valence-corrected chi connectivity index (χ0v) is 20.8. The van der Waals surface area contributed by atoms with E-state index in [1.807, 2.05) is 61.5 Å². The third-order valence-corrected chi connectivity index (χ3v) is 6.13. The summed E-state index contributed by atoms with van der Waals surface area (Å²) in [5, 5.41) is 9.84. The second-order valence-corrected chi connectivity index (χ2v) is 8.67. The highest BCUT2D eigenvalue weighted by molar-refractivity contribution is 5.81. The van der Waals surface area contributed by atoms with Gasteiger partial charge in [-0.15, -0.1) is 0 Å². The summed E-state index contributed by atoms with van der Waals surface area (Å²) in [5.41, 5.74) is 6.38. The van der Waals surface area contributed by atoms with Crippen LogP contribution in [0.5, 0.6) is 5.75 Å². The van der Waals surface area contributed by atoms with Crippen LogP contribution in [-0.4, -0.2) is 11.4 Å². The highest BCUT2D eigenvalue weighted by atomic mass is 16.6. The van der Waals surface area contributed by atoms with Crippen molar-refractivity contribution < 1.29 is 9.84 Å². The van der Waals surface area contributed by atoms with Crippen LogP contribution in [0.15, 0.2) is 140 Å². The topological polar surface area (TPSA) is 35.9 Å². The molecule has 0 heterocycles. The summed E-state index contributed by atoms with van der Waals surface area (Å²) in [6, 6.07) is 47.5. The predicted octanol–water partition coefficient (Wildman–Crippen LogP) is 8.73. The third kappa shape index (κ3) is 5.66. The zero-order valence-electron chi connectivity index (χ0n) is 20.8. The van der Waals surface area contributed by atoms with Crippen LogP contribution in [-0.2, 0) is 0 Å². The average Bonchev–Trinajstić information content (AvgIpc) is 2.97. The minimum Gasteiger partial charge on any atom is -0.465 e. The van der Waals surface area contributed by atoms with Gasteiger partial charge in [-0.3, -0.25) is 0 Å². The van der Waals surface area contributed by atoms with E-state index in [4.69, 9.17) is 4.74 Å².